The zero-order valence-electron chi connectivity index (χ0n) is 12.6. The van der Waals surface area contributed by atoms with E-state index in [9.17, 15) is 9.59 Å². The smallest absolute Gasteiger partial charge is 0.254 e. The number of carbonyl (C=O) groups is 2. The molecule has 3 nitrogen and oxygen atoms in total. The molecule has 1 atom stereocenters. The Labute approximate surface area is 121 Å². The van der Waals surface area contributed by atoms with Gasteiger partial charge in [-0.1, -0.05) is 6.07 Å². The average molecular weight is 273 g/mol. The second-order valence-corrected chi connectivity index (χ2v) is 5.85. The predicted octanol–water partition coefficient (Wildman–Crippen LogP) is 3.28. The Morgan fingerprint density at radius 1 is 1.20 bits per heavy atom. The van der Waals surface area contributed by atoms with Crippen molar-refractivity contribution in [3.8, 4) is 0 Å². The highest BCUT2D eigenvalue weighted by Crippen LogP contribution is 2.23. The Bertz CT molecular complexity index is 522. The van der Waals surface area contributed by atoms with Gasteiger partial charge in [-0.3, -0.25) is 9.59 Å². The fourth-order valence-corrected chi connectivity index (χ4v) is 2.85. The first-order chi connectivity index (χ1) is 9.49. The Morgan fingerprint density at radius 2 is 1.95 bits per heavy atom. The summed E-state index contributed by atoms with van der Waals surface area (Å²) in [7, 11) is 0. The Hall–Kier alpha value is -1.64. The van der Waals surface area contributed by atoms with Gasteiger partial charge >= 0.3 is 0 Å². The highest BCUT2D eigenvalue weighted by atomic mass is 16.2. The molecule has 2 rings (SSSR count). The number of Topliss-reactive ketones (excluding diaryl/α,β-unsaturated/α-hetero) is 1. The normalized spacial score (nSPS) is 18.9. The van der Waals surface area contributed by atoms with Crippen molar-refractivity contribution >= 4 is 11.7 Å². The largest absolute Gasteiger partial charge is 0.335 e. The first-order valence-corrected chi connectivity index (χ1v) is 7.36. The number of rotatable bonds is 3. The summed E-state index contributed by atoms with van der Waals surface area (Å²) >= 11 is 0. The van der Waals surface area contributed by atoms with Gasteiger partial charge in [-0.05, 0) is 63.3 Å². The maximum Gasteiger partial charge on any atom is 0.254 e. The zero-order valence-corrected chi connectivity index (χ0v) is 12.6. The summed E-state index contributed by atoms with van der Waals surface area (Å²) in [5, 5.41) is 0. The minimum Gasteiger partial charge on any atom is -0.335 e. The number of amides is 1. The number of carbonyl (C=O) groups excluding carboxylic acids is 2. The zero-order chi connectivity index (χ0) is 14.7. The molecule has 1 aliphatic heterocycles. The van der Waals surface area contributed by atoms with Gasteiger partial charge < -0.3 is 4.90 Å². The van der Waals surface area contributed by atoms with Gasteiger partial charge in [0.05, 0.1) is 0 Å². The lowest BCUT2D eigenvalue weighted by atomic mass is 9.96. The molecule has 3 heteroatoms. The number of hydrogen-bond acceptors (Lipinski definition) is 2. The predicted molar refractivity (Wildman–Crippen MR) is 79.9 cm³/mol. The van der Waals surface area contributed by atoms with Crippen molar-refractivity contribution in [2.45, 2.75) is 52.5 Å². The quantitative estimate of drug-likeness (QED) is 0.847. The number of hydrogen-bond donors (Lipinski definition) is 0. The molecule has 0 aromatic heterocycles. The molecule has 1 aromatic rings. The van der Waals surface area contributed by atoms with Crippen molar-refractivity contribution in [1.29, 1.82) is 0 Å². The second-order valence-electron chi connectivity index (χ2n) is 5.85. The third-order valence-corrected chi connectivity index (χ3v) is 4.16. The topological polar surface area (TPSA) is 37.4 Å². The van der Waals surface area contributed by atoms with Gasteiger partial charge in [0, 0.05) is 24.6 Å². The Balaban J connectivity index is 2.20. The summed E-state index contributed by atoms with van der Waals surface area (Å²) in [4.78, 5) is 25.9. The van der Waals surface area contributed by atoms with Gasteiger partial charge in [0.15, 0.2) is 0 Å². The van der Waals surface area contributed by atoms with E-state index in [0.717, 1.165) is 36.9 Å². The van der Waals surface area contributed by atoms with Crippen molar-refractivity contribution in [3.63, 3.8) is 0 Å². The van der Waals surface area contributed by atoms with Gasteiger partial charge in [0.1, 0.15) is 5.78 Å². The van der Waals surface area contributed by atoms with Crippen LogP contribution in [0.5, 0.6) is 0 Å². The van der Waals surface area contributed by atoms with E-state index in [1.807, 2.05) is 36.9 Å². The fourth-order valence-electron chi connectivity index (χ4n) is 2.85. The van der Waals surface area contributed by atoms with Crippen molar-refractivity contribution < 1.29 is 9.59 Å². The van der Waals surface area contributed by atoms with Crippen LogP contribution < -0.4 is 0 Å². The molecule has 0 saturated carbocycles. The van der Waals surface area contributed by atoms with Gasteiger partial charge in [-0.25, -0.2) is 0 Å². The van der Waals surface area contributed by atoms with Gasteiger partial charge in [-0.15, -0.1) is 0 Å². The van der Waals surface area contributed by atoms with Crippen LogP contribution in [0, 0.1) is 13.8 Å². The van der Waals surface area contributed by atoms with E-state index in [1.54, 1.807) is 6.92 Å². The van der Waals surface area contributed by atoms with Crippen LogP contribution in [0.3, 0.4) is 0 Å². The lowest BCUT2D eigenvalue weighted by molar-refractivity contribution is -0.118. The first kappa shape index (κ1) is 14.8. The first-order valence-electron chi connectivity index (χ1n) is 7.36. The molecule has 0 bridgehead atoms. The van der Waals surface area contributed by atoms with E-state index in [2.05, 4.69) is 0 Å². The maximum absolute atomic E-state index is 12.7. The standard InChI is InChI=1S/C17H23NO2/c1-12-7-8-15(10-13(12)2)17(20)18-9-5-4-6-16(18)11-14(3)19/h7-8,10,16H,4-6,9,11H2,1-3H3. The second kappa shape index (κ2) is 6.21. The number of benzene rings is 1. The molecule has 0 N–H and O–H groups in total. The van der Waals surface area contributed by atoms with Crippen LogP contribution >= 0.6 is 0 Å². The minimum absolute atomic E-state index is 0.0686. The van der Waals surface area contributed by atoms with Crippen molar-refractivity contribution in [2.24, 2.45) is 0 Å². The number of aryl methyl sites for hydroxylation is 2. The van der Waals surface area contributed by atoms with Crippen LogP contribution in [0.25, 0.3) is 0 Å². The molecule has 1 saturated heterocycles. The van der Waals surface area contributed by atoms with Crippen molar-refractivity contribution in [2.75, 3.05) is 6.54 Å². The summed E-state index contributed by atoms with van der Waals surface area (Å²) in [5.74, 6) is 0.230. The van der Waals surface area contributed by atoms with E-state index in [1.165, 1.54) is 5.56 Å². The average Bonchev–Trinajstić information content (AvgIpc) is 2.41. The summed E-state index contributed by atoms with van der Waals surface area (Å²) in [6, 6.07) is 5.92. The molecule has 0 radical (unpaired) electrons. The lowest BCUT2D eigenvalue weighted by Gasteiger charge is -2.35. The van der Waals surface area contributed by atoms with Crippen LogP contribution in [-0.2, 0) is 4.79 Å². The monoisotopic (exact) mass is 273 g/mol. The van der Waals surface area contributed by atoms with Crippen LogP contribution in [-0.4, -0.2) is 29.2 Å². The SMILES string of the molecule is CC(=O)CC1CCCCN1C(=O)c1ccc(C)c(C)c1. The molecule has 108 valence electrons. The van der Waals surface area contributed by atoms with Crippen molar-refractivity contribution in [1.82, 2.24) is 4.90 Å². The number of piperidine rings is 1. The van der Waals surface area contributed by atoms with E-state index in [0.29, 0.717) is 6.42 Å². The molecule has 1 aromatic carbocycles. The van der Waals surface area contributed by atoms with Gasteiger partial charge in [0.25, 0.3) is 5.91 Å². The fraction of sp³-hybridized carbons (Fsp3) is 0.529. The highest BCUT2D eigenvalue weighted by molar-refractivity contribution is 5.95. The lowest BCUT2D eigenvalue weighted by Crippen LogP contribution is -2.44. The molecule has 1 heterocycles. The van der Waals surface area contributed by atoms with Crippen LogP contribution in [0.4, 0.5) is 0 Å². The van der Waals surface area contributed by atoms with Crippen LogP contribution in [0.2, 0.25) is 0 Å². The van der Waals surface area contributed by atoms with Gasteiger partial charge in [0.2, 0.25) is 0 Å². The third kappa shape index (κ3) is 3.27. The van der Waals surface area contributed by atoms with Crippen LogP contribution in [0.15, 0.2) is 18.2 Å². The molecule has 1 fully saturated rings. The summed E-state index contributed by atoms with van der Waals surface area (Å²) < 4.78 is 0. The molecule has 20 heavy (non-hydrogen) atoms. The van der Waals surface area contributed by atoms with E-state index < -0.39 is 0 Å². The number of likely N-dealkylation sites (tertiary alicyclic amines) is 1. The molecule has 0 aliphatic carbocycles. The maximum atomic E-state index is 12.7. The summed E-state index contributed by atoms with van der Waals surface area (Å²) in [5.41, 5.74) is 3.07. The molecular formula is C17H23NO2. The van der Waals surface area contributed by atoms with E-state index >= 15 is 0 Å². The molecule has 1 amide bonds. The Kier molecular flexibility index (Phi) is 4.58. The molecular weight excluding hydrogens is 250 g/mol. The minimum atomic E-state index is 0.0686. The molecule has 0 spiro atoms. The Morgan fingerprint density at radius 3 is 2.60 bits per heavy atom. The molecule has 1 aliphatic rings. The third-order valence-electron chi connectivity index (χ3n) is 4.16. The van der Waals surface area contributed by atoms with E-state index in [-0.39, 0.29) is 17.7 Å². The van der Waals surface area contributed by atoms with E-state index in [4.69, 9.17) is 0 Å². The summed E-state index contributed by atoms with van der Waals surface area (Å²) in [6.07, 6.45) is 3.56. The van der Waals surface area contributed by atoms with Gasteiger partial charge in [-0.2, -0.15) is 0 Å². The van der Waals surface area contributed by atoms with Crippen LogP contribution in [0.1, 0.15) is 54.1 Å². The molecule has 1 unspecified atom stereocenters. The number of nitrogens with zero attached hydrogens (tertiary/aromatic N) is 1. The van der Waals surface area contributed by atoms with Crippen molar-refractivity contribution in [3.05, 3.63) is 34.9 Å². The highest BCUT2D eigenvalue weighted by Gasteiger charge is 2.28. The summed E-state index contributed by atoms with van der Waals surface area (Å²) in [6.45, 7) is 6.44. The number of ketones is 1.